The van der Waals surface area contributed by atoms with Crippen molar-refractivity contribution in [2.24, 2.45) is 5.92 Å². The summed E-state index contributed by atoms with van der Waals surface area (Å²) in [6.45, 7) is 3.47. The van der Waals surface area contributed by atoms with Crippen molar-refractivity contribution in [3.05, 3.63) is 52.5 Å². The lowest BCUT2D eigenvalue weighted by Gasteiger charge is -2.10. The number of hydrogen-bond donors (Lipinski definition) is 2. The standard InChI is InChI=1S/C18H18Cl2N2O3/c1-11(2)18(24)22-13-5-3-12(4-6-13)21-17(23)10-25-14-7-8-15(19)16(20)9-14/h3-9,11H,10H2,1-2H3,(H,21,23)(H,22,24). The van der Waals surface area contributed by atoms with Crippen LogP contribution < -0.4 is 15.4 Å². The number of ether oxygens (including phenoxy) is 1. The van der Waals surface area contributed by atoms with E-state index in [9.17, 15) is 9.59 Å². The molecule has 0 spiro atoms. The van der Waals surface area contributed by atoms with E-state index in [0.29, 0.717) is 27.2 Å². The molecule has 2 N–H and O–H groups in total. The van der Waals surface area contributed by atoms with Gasteiger partial charge in [-0.05, 0) is 36.4 Å². The van der Waals surface area contributed by atoms with Crippen LogP contribution in [0, 0.1) is 5.92 Å². The quantitative estimate of drug-likeness (QED) is 0.768. The molecule has 2 aromatic rings. The first-order valence-corrected chi connectivity index (χ1v) is 8.39. The minimum absolute atomic E-state index is 0.0631. The topological polar surface area (TPSA) is 67.4 Å². The van der Waals surface area contributed by atoms with Crippen LogP contribution in [0.5, 0.6) is 5.75 Å². The highest BCUT2D eigenvalue weighted by molar-refractivity contribution is 6.42. The van der Waals surface area contributed by atoms with Gasteiger partial charge in [0, 0.05) is 23.4 Å². The highest BCUT2D eigenvalue weighted by Crippen LogP contribution is 2.26. The molecule has 0 bridgehead atoms. The molecule has 132 valence electrons. The van der Waals surface area contributed by atoms with Crippen molar-refractivity contribution in [3.63, 3.8) is 0 Å². The lowest BCUT2D eigenvalue weighted by molar-refractivity contribution is -0.119. The molecule has 5 nitrogen and oxygen atoms in total. The second kappa shape index (κ2) is 8.74. The van der Waals surface area contributed by atoms with E-state index in [2.05, 4.69) is 10.6 Å². The maximum Gasteiger partial charge on any atom is 0.262 e. The Balaban J connectivity index is 1.85. The Labute approximate surface area is 156 Å². The minimum atomic E-state index is -0.315. The molecule has 0 fully saturated rings. The number of rotatable bonds is 6. The molecule has 0 aliphatic heterocycles. The number of hydrogen-bond acceptors (Lipinski definition) is 3. The Bertz CT molecular complexity index is 761. The van der Waals surface area contributed by atoms with Gasteiger partial charge in [-0.3, -0.25) is 9.59 Å². The van der Waals surface area contributed by atoms with Gasteiger partial charge in [0.1, 0.15) is 5.75 Å². The lowest BCUT2D eigenvalue weighted by Crippen LogP contribution is -2.20. The molecule has 2 amide bonds. The fourth-order valence-electron chi connectivity index (χ4n) is 1.84. The maximum absolute atomic E-state index is 11.9. The zero-order valence-corrected chi connectivity index (χ0v) is 15.3. The number of benzene rings is 2. The number of amides is 2. The molecule has 0 saturated heterocycles. The van der Waals surface area contributed by atoms with Crippen molar-refractivity contribution in [2.75, 3.05) is 17.2 Å². The third kappa shape index (κ3) is 5.96. The molecule has 0 radical (unpaired) electrons. The average Bonchev–Trinajstić information content (AvgIpc) is 2.57. The molecule has 0 aromatic heterocycles. The normalized spacial score (nSPS) is 10.4. The Morgan fingerprint density at radius 2 is 1.56 bits per heavy atom. The monoisotopic (exact) mass is 380 g/mol. The molecule has 0 aliphatic carbocycles. The molecule has 2 aromatic carbocycles. The van der Waals surface area contributed by atoms with Crippen molar-refractivity contribution < 1.29 is 14.3 Å². The van der Waals surface area contributed by atoms with Gasteiger partial charge in [0.2, 0.25) is 5.91 Å². The second-order valence-electron chi connectivity index (χ2n) is 5.63. The smallest absolute Gasteiger partial charge is 0.262 e. The van der Waals surface area contributed by atoms with Crippen molar-refractivity contribution in [2.45, 2.75) is 13.8 Å². The van der Waals surface area contributed by atoms with Crippen molar-refractivity contribution in [3.8, 4) is 5.75 Å². The third-order valence-corrected chi connectivity index (χ3v) is 3.96. The Kier molecular flexibility index (Phi) is 6.67. The van der Waals surface area contributed by atoms with E-state index >= 15 is 0 Å². The Hall–Kier alpha value is -2.24. The highest BCUT2D eigenvalue weighted by atomic mass is 35.5. The van der Waals surface area contributed by atoms with Crippen LogP contribution in [0.15, 0.2) is 42.5 Å². The van der Waals surface area contributed by atoms with Gasteiger partial charge in [-0.15, -0.1) is 0 Å². The van der Waals surface area contributed by atoms with Crippen LogP contribution in [0.1, 0.15) is 13.8 Å². The van der Waals surface area contributed by atoms with Gasteiger partial charge in [-0.1, -0.05) is 37.0 Å². The highest BCUT2D eigenvalue weighted by Gasteiger charge is 2.08. The molecule has 2 rings (SSSR count). The van der Waals surface area contributed by atoms with Crippen molar-refractivity contribution in [1.29, 1.82) is 0 Å². The Morgan fingerprint density at radius 3 is 2.12 bits per heavy atom. The van der Waals surface area contributed by atoms with Gasteiger partial charge in [-0.25, -0.2) is 0 Å². The summed E-state index contributed by atoms with van der Waals surface area (Å²) in [6.07, 6.45) is 0. The summed E-state index contributed by atoms with van der Waals surface area (Å²) < 4.78 is 5.37. The molecular formula is C18H18Cl2N2O3. The third-order valence-electron chi connectivity index (χ3n) is 3.22. The largest absolute Gasteiger partial charge is 0.484 e. The van der Waals surface area contributed by atoms with E-state index in [1.165, 1.54) is 0 Å². The molecule has 0 saturated carbocycles. The number of anilines is 2. The summed E-state index contributed by atoms with van der Waals surface area (Å²) in [5.74, 6) is -0.0222. The van der Waals surface area contributed by atoms with Crippen LogP contribution >= 0.6 is 23.2 Å². The fourth-order valence-corrected chi connectivity index (χ4v) is 2.12. The van der Waals surface area contributed by atoms with Crippen LogP contribution in [0.2, 0.25) is 10.0 Å². The molecule has 0 heterocycles. The SMILES string of the molecule is CC(C)C(=O)Nc1ccc(NC(=O)COc2ccc(Cl)c(Cl)c2)cc1. The first-order chi connectivity index (χ1) is 11.8. The predicted octanol–water partition coefficient (Wildman–Crippen LogP) is 4.61. The van der Waals surface area contributed by atoms with E-state index in [1.54, 1.807) is 42.5 Å². The number of carbonyl (C=O) groups excluding carboxylic acids is 2. The van der Waals surface area contributed by atoms with Gasteiger partial charge in [-0.2, -0.15) is 0 Å². The number of nitrogens with one attached hydrogen (secondary N) is 2. The van der Waals surface area contributed by atoms with Crippen molar-refractivity contribution >= 4 is 46.4 Å². The number of halogens is 2. The second-order valence-corrected chi connectivity index (χ2v) is 6.45. The van der Waals surface area contributed by atoms with E-state index in [4.69, 9.17) is 27.9 Å². The van der Waals surface area contributed by atoms with Gasteiger partial charge in [0.05, 0.1) is 10.0 Å². The summed E-state index contributed by atoms with van der Waals surface area (Å²) in [4.78, 5) is 23.5. The van der Waals surface area contributed by atoms with Crippen LogP contribution in [0.3, 0.4) is 0 Å². The van der Waals surface area contributed by atoms with E-state index < -0.39 is 0 Å². The fraction of sp³-hybridized carbons (Fsp3) is 0.222. The zero-order chi connectivity index (χ0) is 18.4. The van der Waals surface area contributed by atoms with Crippen LogP contribution in [-0.4, -0.2) is 18.4 Å². The lowest BCUT2D eigenvalue weighted by atomic mass is 10.2. The molecule has 0 atom stereocenters. The van der Waals surface area contributed by atoms with Gasteiger partial charge < -0.3 is 15.4 Å². The van der Waals surface area contributed by atoms with E-state index in [-0.39, 0.29) is 24.3 Å². The summed E-state index contributed by atoms with van der Waals surface area (Å²) in [5.41, 5.74) is 1.27. The first-order valence-electron chi connectivity index (χ1n) is 7.64. The first kappa shape index (κ1) is 19.1. The molecular weight excluding hydrogens is 363 g/mol. The van der Waals surface area contributed by atoms with Gasteiger partial charge in [0.25, 0.3) is 5.91 Å². The van der Waals surface area contributed by atoms with Crippen LogP contribution in [-0.2, 0) is 9.59 Å². The van der Waals surface area contributed by atoms with E-state index in [1.807, 2.05) is 13.8 Å². The molecule has 25 heavy (non-hydrogen) atoms. The van der Waals surface area contributed by atoms with Crippen LogP contribution in [0.25, 0.3) is 0 Å². The van der Waals surface area contributed by atoms with Gasteiger partial charge in [0.15, 0.2) is 6.61 Å². The van der Waals surface area contributed by atoms with Crippen molar-refractivity contribution in [1.82, 2.24) is 0 Å². The van der Waals surface area contributed by atoms with E-state index in [0.717, 1.165) is 0 Å². The molecule has 7 heteroatoms. The van der Waals surface area contributed by atoms with Crippen LogP contribution in [0.4, 0.5) is 11.4 Å². The summed E-state index contributed by atoms with van der Waals surface area (Å²) in [6, 6.07) is 11.6. The molecule has 0 aliphatic rings. The predicted molar refractivity (Wildman–Crippen MR) is 100 cm³/mol. The number of carbonyl (C=O) groups is 2. The summed E-state index contributed by atoms with van der Waals surface area (Å²) >= 11 is 11.7. The van der Waals surface area contributed by atoms with Gasteiger partial charge >= 0.3 is 0 Å². The summed E-state index contributed by atoms with van der Waals surface area (Å²) in [7, 11) is 0. The molecule has 0 unspecified atom stereocenters. The average molecular weight is 381 g/mol. The summed E-state index contributed by atoms with van der Waals surface area (Å²) in [5, 5.41) is 6.26. The zero-order valence-electron chi connectivity index (χ0n) is 13.8. The Morgan fingerprint density at radius 1 is 0.960 bits per heavy atom. The minimum Gasteiger partial charge on any atom is -0.484 e. The maximum atomic E-state index is 11.9.